The average Bonchev–Trinajstić information content (AvgIpc) is 2.65. The first-order chi connectivity index (χ1) is 12.9. The molecule has 0 spiro atoms. The second kappa shape index (κ2) is 8.90. The SMILES string of the molecule is COc1cc(/C=C\[N+](=O)[O-])ccc1OC(=O)/C=C/c1ccc([N+](=O)[O-])cc1. The molecule has 27 heavy (non-hydrogen) atoms. The number of methoxy groups -OCH3 is 1. The largest absolute Gasteiger partial charge is 0.493 e. The highest BCUT2D eigenvalue weighted by Gasteiger charge is 2.09. The van der Waals surface area contributed by atoms with E-state index in [1.165, 1.54) is 67.8 Å². The van der Waals surface area contributed by atoms with Gasteiger partial charge in [0.25, 0.3) is 5.69 Å². The molecule has 138 valence electrons. The lowest BCUT2D eigenvalue weighted by Gasteiger charge is -2.08. The van der Waals surface area contributed by atoms with E-state index in [2.05, 4.69) is 0 Å². The van der Waals surface area contributed by atoms with Gasteiger partial charge in [0.15, 0.2) is 11.5 Å². The van der Waals surface area contributed by atoms with Crippen LogP contribution in [0.1, 0.15) is 11.1 Å². The lowest BCUT2D eigenvalue weighted by atomic mass is 10.2. The van der Waals surface area contributed by atoms with Crippen LogP contribution in [0, 0.1) is 20.2 Å². The van der Waals surface area contributed by atoms with Crippen molar-refractivity contribution in [3.05, 3.63) is 86.1 Å². The van der Waals surface area contributed by atoms with Crippen LogP contribution in [0.25, 0.3) is 12.2 Å². The molecule has 0 radical (unpaired) electrons. The lowest BCUT2D eigenvalue weighted by Crippen LogP contribution is -2.05. The van der Waals surface area contributed by atoms with E-state index in [1.807, 2.05) is 0 Å². The number of hydrogen-bond donors (Lipinski definition) is 0. The van der Waals surface area contributed by atoms with E-state index < -0.39 is 15.8 Å². The Bertz CT molecular complexity index is 918. The molecule has 0 aliphatic carbocycles. The zero-order valence-corrected chi connectivity index (χ0v) is 14.1. The summed E-state index contributed by atoms with van der Waals surface area (Å²) in [6.07, 6.45) is 4.68. The Morgan fingerprint density at radius 1 is 0.963 bits per heavy atom. The zero-order chi connectivity index (χ0) is 19.8. The number of esters is 1. The first-order valence-corrected chi connectivity index (χ1v) is 7.53. The second-order valence-corrected chi connectivity index (χ2v) is 5.11. The molecule has 9 heteroatoms. The fraction of sp³-hybridized carbons (Fsp3) is 0.0556. The van der Waals surface area contributed by atoms with Crippen molar-refractivity contribution >= 4 is 23.8 Å². The van der Waals surface area contributed by atoms with Crippen LogP contribution in [0.4, 0.5) is 5.69 Å². The van der Waals surface area contributed by atoms with Crippen LogP contribution >= 0.6 is 0 Å². The maximum absolute atomic E-state index is 12.0. The van der Waals surface area contributed by atoms with Crippen molar-refractivity contribution < 1.29 is 24.1 Å². The molecule has 2 aromatic rings. The van der Waals surface area contributed by atoms with E-state index >= 15 is 0 Å². The minimum atomic E-state index is -0.680. The number of hydrogen-bond acceptors (Lipinski definition) is 7. The summed E-state index contributed by atoms with van der Waals surface area (Å²) in [6, 6.07) is 10.1. The molecule has 0 bridgehead atoms. The first kappa shape index (κ1) is 19.3. The quantitative estimate of drug-likeness (QED) is 0.240. The Hall–Kier alpha value is -4.01. The van der Waals surface area contributed by atoms with Gasteiger partial charge in [-0.15, -0.1) is 0 Å². The van der Waals surface area contributed by atoms with Crippen LogP contribution in [-0.2, 0) is 4.79 Å². The summed E-state index contributed by atoms with van der Waals surface area (Å²) in [6.45, 7) is 0. The Morgan fingerprint density at radius 2 is 1.63 bits per heavy atom. The van der Waals surface area contributed by atoms with Gasteiger partial charge >= 0.3 is 5.97 Å². The first-order valence-electron chi connectivity index (χ1n) is 7.53. The second-order valence-electron chi connectivity index (χ2n) is 5.11. The van der Waals surface area contributed by atoms with Gasteiger partial charge in [0.2, 0.25) is 6.20 Å². The third-order valence-electron chi connectivity index (χ3n) is 3.30. The van der Waals surface area contributed by atoms with Crippen LogP contribution in [-0.4, -0.2) is 22.9 Å². The van der Waals surface area contributed by atoms with Gasteiger partial charge in [-0.3, -0.25) is 20.2 Å². The predicted octanol–water partition coefficient (Wildman–Crippen LogP) is 3.47. The minimum Gasteiger partial charge on any atom is -0.493 e. The van der Waals surface area contributed by atoms with Gasteiger partial charge in [0.05, 0.1) is 17.0 Å². The van der Waals surface area contributed by atoms with Gasteiger partial charge in [-0.2, -0.15) is 0 Å². The molecule has 2 aromatic carbocycles. The fourth-order valence-electron chi connectivity index (χ4n) is 2.03. The molecule has 0 aliphatic heterocycles. The van der Waals surface area contributed by atoms with Crippen molar-refractivity contribution in [3.8, 4) is 11.5 Å². The van der Waals surface area contributed by atoms with Crippen LogP contribution in [0.3, 0.4) is 0 Å². The molecule has 0 unspecified atom stereocenters. The maximum Gasteiger partial charge on any atom is 0.336 e. The van der Waals surface area contributed by atoms with Gasteiger partial charge in [0, 0.05) is 24.3 Å². The van der Waals surface area contributed by atoms with Crippen LogP contribution < -0.4 is 9.47 Å². The number of carbonyl (C=O) groups excluding carboxylic acids is 1. The number of nitro benzene ring substituents is 1. The fourth-order valence-corrected chi connectivity index (χ4v) is 2.03. The van der Waals surface area contributed by atoms with Gasteiger partial charge in [-0.05, 0) is 41.5 Å². The topological polar surface area (TPSA) is 122 Å². The zero-order valence-electron chi connectivity index (χ0n) is 14.1. The van der Waals surface area contributed by atoms with Crippen LogP contribution in [0.15, 0.2) is 54.7 Å². The van der Waals surface area contributed by atoms with E-state index in [-0.39, 0.29) is 17.2 Å². The molecular formula is C18H14N2O7. The minimum absolute atomic E-state index is 0.0503. The third kappa shape index (κ3) is 5.78. The highest BCUT2D eigenvalue weighted by molar-refractivity contribution is 5.89. The molecule has 0 aliphatic rings. The van der Waals surface area contributed by atoms with Gasteiger partial charge in [-0.25, -0.2) is 4.79 Å². The normalized spacial score (nSPS) is 10.9. The number of carbonyl (C=O) groups is 1. The Kier molecular flexibility index (Phi) is 6.37. The standard InChI is InChI=1S/C18H14N2O7/c1-26-17-12-14(10-11-19(22)23)4-8-16(17)27-18(21)9-5-13-2-6-15(7-3-13)20(24)25/h2-12H,1H3/b9-5+,11-10-. The molecule has 0 N–H and O–H groups in total. The van der Waals surface area contributed by atoms with Crippen LogP contribution in [0.2, 0.25) is 0 Å². The van der Waals surface area contributed by atoms with Crippen molar-refractivity contribution in [2.24, 2.45) is 0 Å². The van der Waals surface area contributed by atoms with Gasteiger partial charge < -0.3 is 9.47 Å². The molecule has 0 saturated heterocycles. The van der Waals surface area contributed by atoms with Crippen molar-refractivity contribution in [1.82, 2.24) is 0 Å². The summed E-state index contributed by atoms with van der Waals surface area (Å²) < 4.78 is 10.3. The van der Waals surface area contributed by atoms with E-state index in [0.717, 1.165) is 6.20 Å². The van der Waals surface area contributed by atoms with Crippen molar-refractivity contribution in [2.75, 3.05) is 7.11 Å². The smallest absolute Gasteiger partial charge is 0.336 e. The predicted molar refractivity (Wildman–Crippen MR) is 96.8 cm³/mol. The molecule has 9 nitrogen and oxygen atoms in total. The summed E-state index contributed by atoms with van der Waals surface area (Å²) in [7, 11) is 1.38. The molecule has 0 amide bonds. The molecule has 0 aromatic heterocycles. The summed E-state index contributed by atoms with van der Waals surface area (Å²) >= 11 is 0. The van der Waals surface area contributed by atoms with Gasteiger partial charge in [-0.1, -0.05) is 6.07 Å². The Labute approximate surface area is 153 Å². The van der Waals surface area contributed by atoms with E-state index in [4.69, 9.17) is 9.47 Å². The number of nitro groups is 2. The van der Waals surface area contributed by atoms with E-state index in [9.17, 15) is 25.0 Å². The van der Waals surface area contributed by atoms with E-state index in [1.54, 1.807) is 0 Å². The number of ether oxygens (including phenoxy) is 2. The monoisotopic (exact) mass is 370 g/mol. The van der Waals surface area contributed by atoms with Crippen LogP contribution in [0.5, 0.6) is 11.5 Å². The summed E-state index contributed by atoms with van der Waals surface area (Å²) in [4.78, 5) is 31.8. The molecular weight excluding hydrogens is 356 g/mol. The number of rotatable bonds is 7. The molecule has 2 rings (SSSR count). The van der Waals surface area contributed by atoms with Crippen molar-refractivity contribution in [1.29, 1.82) is 0 Å². The average molecular weight is 370 g/mol. The number of benzene rings is 2. The molecule has 0 fully saturated rings. The number of non-ortho nitro benzene ring substituents is 1. The summed E-state index contributed by atoms with van der Waals surface area (Å²) in [5, 5.41) is 21.0. The van der Waals surface area contributed by atoms with E-state index in [0.29, 0.717) is 11.1 Å². The summed E-state index contributed by atoms with van der Waals surface area (Å²) in [5.41, 5.74) is 1.04. The molecule has 0 saturated carbocycles. The number of nitrogens with zero attached hydrogens (tertiary/aromatic N) is 2. The highest BCUT2D eigenvalue weighted by atomic mass is 16.6. The maximum atomic E-state index is 12.0. The lowest BCUT2D eigenvalue weighted by molar-refractivity contribution is -0.400. The summed E-state index contributed by atoms with van der Waals surface area (Å²) in [5.74, 6) is -0.299. The van der Waals surface area contributed by atoms with Gasteiger partial charge in [0.1, 0.15) is 0 Å². The van der Waals surface area contributed by atoms with Crippen molar-refractivity contribution in [2.45, 2.75) is 0 Å². The Balaban J connectivity index is 2.08. The third-order valence-corrected chi connectivity index (χ3v) is 3.30. The van der Waals surface area contributed by atoms with Crippen molar-refractivity contribution in [3.63, 3.8) is 0 Å². The molecule has 0 heterocycles. The highest BCUT2D eigenvalue weighted by Crippen LogP contribution is 2.28. The molecule has 0 atom stereocenters. The Morgan fingerprint density at radius 3 is 2.22 bits per heavy atom.